The fraction of sp³-hybridized carbons (Fsp3) is 0.348. The lowest BCUT2D eigenvalue weighted by Gasteiger charge is -2.41. The average molecular weight is 417 g/mol. The second kappa shape index (κ2) is 7.30. The van der Waals surface area contributed by atoms with Crippen molar-refractivity contribution in [2.45, 2.75) is 38.0 Å². The quantitative estimate of drug-likeness (QED) is 0.674. The molecule has 2 aliphatic rings. The number of fused-ring (bicyclic) bond motifs is 2. The van der Waals surface area contributed by atoms with Crippen LogP contribution >= 0.6 is 0 Å². The van der Waals surface area contributed by atoms with Crippen molar-refractivity contribution in [3.63, 3.8) is 0 Å². The lowest BCUT2D eigenvalue weighted by molar-refractivity contribution is 0.0697. The smallest absolute Gasteiger partial charge is 0.339 e. The summed E-state index contributed by atoms with van der Waals surface area (Å²) in [6.07, 6.45) is 6.66. The number of H-pyrrole nitrogens is 1. The number of rotatable bonds is 3. The van der Waals surface area contributed by atoms with Crippen molar-refractivity contribution in [1.29, 1.82) is 0 Å². The minimum absolute atomic E-state index is 0.0993. The second-order valence-corrected chi connectivity index (χ2v) is 8.42. The fourth-order valence-electron chi connectivity index (χ4n) is 4.95. The topological polar surface area (TPSA) is 112 Å². The number of hydrogen-bond donors (Lipinski definition) is 2. The van der Waals surface area contributed by atoms with E-state index in [2.05, 4.69) is 19.9 Å². The Morgan fingerprint density at radius 2 is 2.10 bits per heavy atom. The van der Waals surface area contributed by atoms with Gasteiger partial charge in [-0.15, -0.1) is 0 Å². The van der Waals surface area contributed by atoms with Crippen LogP contribution in [-0.4, -0.2) is 44.1 Å². The summed E-state index contributed by atoms with van der Waals surface area (Å²) in [6.45, 7) is 3.19. The van der Waals surface area contributed by atoms with Crippen molar-refractivity contribution in [2.24, 2.45) is 0 Å². The molecule has 8 heteroatoms. The monoisotopic (exact) mass is 417 g/mol. The molecule has 1 aliphatic heterocycles. The number of hydrogen-bond acceptors (Lipinski definition) is 6. The highest BCUT2D eigenvalue weighted by molar-refractivity contribution is 5.93. The van der Waals surface area contributed by atoms with E-state index >= 15 is 0 Å². The molecule has 1 unspecified atom stereocenters. The summed E-state index contributed by atoms with van der Waals surface area (Å²) in [4.78, 5) is 43.2. The van der Waals surface area contributed by atoms with Crippen LogP contribution in [0, 0.1) is 6.92 Å². The molecular weight excluding hydrogens is 394 g/mol. The number of aromatic carboxylic acids is 1. The van der Waals surface area contributed by atoms with Gasteiger partial charge in [0.15, 0.2) is 0 Å². The molecule has 1 saturated heterocycles. The summed E-state index contributed by atoms with van der Waals surface area (Å²) in [5.74, 6) is 0.0369. The number of carbonyl (C=O) groups is 1. The summed E-state index contributed by atoms with van der Waals surface area (Å²) in [7, 11) is 0. The molecule has 5 rings (SSSR count). The summed E-state index contributed by atoms with van der Waals surface area (Å²) < 4.78 is 0. The zero-order valence-electron chi connectivity index (χ0n) is 17.3. The first kappa shape index (κ1) is 19.4. The van der Waals surface area contributed by atoms with E-state index in [1.807, 2.05) is 19.1 Å². The van der Waals surface area contributed by atoms with Gasteiger partial charge in [0.05, 0.1) is 5.69 Å². The molecule has 1 aliphatic carbocycles. The number of carboxylic acids is 1. The number of aromatic nitrogens is 4. The van der Waals surface area contributed by atoms with Gasteiger partial charge in [0.25, 0.3) is 5.56 Å². The first-order valence-corrected chi connectivity index (χ1v) is 10.5. The highest BCUT2D eigenvalue weighted by Crippen LogP contribution is 2.44. The largest absolute Gasteiger partial charge is 0.478 e. The molecule has 1 fully saturated rings. The Morgan fingerprint density at radius 3 is 2.87 bits per heavy atom. The van der Waals surface area contributed by atoms with Gasteiger partial charge in [-0.25, -0.2) is 14.8 Å². The van der Waals surface area contributed by atoms with Crippen LogP contribution < -0.4 is 10.5 Å². The number of pyridine rings is 2. The Morgan fingerprint density at radius 1 is 1.23 bits per heavy atom. The van der Waals surface area contributed by atoms with E-state index in [1.54, 1.807) is 24.5 Å². The zero-order chi connectivity index (χ0) is 21.6. The predicted molar refractivity (Wildman–Crippen MR) is 115 cm³/mol. The van der Waals surface area contributed by atoms with Gasteiger partial charge in [0.1, 0.15) is 17.2 Å². The van der Waals surface area contributed by atoms with Crippen LogP contribution in [0.25, 0.3) is 11.4 Å². The summed E-state index contributed by atoms with van der Waals surface area (Å²) in [5, 5.41) is 9.67. The van der Waals surface area contributed by atoms with Gasteiger partial charge in [-0.1, -0.05) is 0 Å². The molecule has 0 radical (unpaired) electrons. The number of carboxylic acid groups (broad SMARTS) is 1. The fourth-order valence-corrected chi connectivity index (χ4v) is 4.95. The molecular formula is C23H23N5O3. The van der Waals surface area contributed by atoms with Gasteiger partial charge in [0, 0.05) is 47.7 Å². The number of nitrogens with zero attached hydrogens (tertiary/aromatic N) is 4. The summed E-state index contributed by atoms with van der Waals surface area (Å²) >= 11 is 0. The first-order chi connectivity index (χ1) is 15.0. The molecule has 0 amide bonds. The second-order valence-electron chi connectivity index (χ2n) is 8.42. The van der Waals surface area contributed by atoms with Crippen molar-refractivity contribution in [3.8, 4) is 11.4 Å². The molecule has 4 heterocycles. The molecule has 3 aromatic heterocycles. The molecule has 3 aromatic rings. The molecule has 2 N–H and O–H groups in total. The standard InChI is InChI=1S/C23H23N5O3/c1-14-5-6-17(22(30)31)20(25-14)28-11-3-8-23(13-28)9-7-16-18(23)26-19(27-21(16)29)15-4-2-10-24-12-15/h2,4-6,10,12H,3,7-9,11,13H2,1H3,(H,30,31)(H,26,27,29). The van der Waals surface area contributed by atoms with Gasteiger partial charge in [-0.05, 0) is 56.9 Å². The van der Waals surface area contributed by atoms with Gasteiger partial charge in [0.2, 0.25) is 0 Å². The average Bonchev–Trinajstić information content (AvgIpc) is 3.12. The Labute approximate surface area is 179 Å². The van der Waals surface area contributed by atoms with Crippen molar-refractivity contribution in [2.75, 3.05) is 18.0 Å². The lowest BCUT2D eigenvalue weighted by atomic mass is 9.77. The molecule has 1 atom stereocenters. The Bertz CT molecular complexity index is 1220. The maximum Gasteiger partial charge on any atom is 0.339 e. The Balaban J connectivity index is 1.58. The van der Waals surface area contributed by atoms with Crippen LogP contribution in [-0.2, 0) is 11.8 Å². The van der Waals surface area contributed by atoms with Crippen LogP contribution in [0.1, 0.15) is 46.6 Å². The molecule has 1 spiro atoms. The molecule has 0 bridgehead atoms. The van der Waals surface area contributed by atoms with Crippen molar-refractivity contribution in [1.82, 2.24) is 19.9 Å². The highest BCUT2D eigenvalue weighted by Gasteiger charge is 2.45. The van der Waals surface area contributed by atoms with Gasteiger partial charge < -0.3 is 15.0 Å². The Kier molecular flexibility index (Phi) is 4.57. The van der Waals surface area contributed by atoms with E-state index < -0.39 is 5.97 Å². The van der Waals surface area contributed by atoms with E-state index in [4.69, 9.17) is 4.98 Å². The molecule has 8 nitrogen and oxygen atoms in total. The van der Waals surface area contributed by atoms with E-state index in [0.29, 0.717) is 24.6 Å². The minimum atomic E-state index is -0.984. The predicted octanol–water partition coefficient (Wildman–Crippen LogP) is 2.72. The van der Waals surface area contributed by atoms with Gasteiger partial charge in [-0.3, -0.25) is 9.78 Å². The van der Waals surface area contributed by atoms with Crippen molar-refractivity contribution >= 4 is 11.8 Å². The Hall–Kier alpha value is -3.55. The van der Waals surface area contributed by atoms with Gasteiger partial charge >= 0.3 is 5.97 Å². The van der Waals surface area contributed by atoms with Gasteiger partial charge in [-0.2, -0.15) is 0 Å². The van der Waals surface area contributed by atoms with Crippen molar-refractivity contribution in [3.05, 3.63) is 69.5 Å². The van der Waals surface area contributed by atoms with Crippen LogP contribution in [0.15, 0.2) is 41.5 Å². The maximum atomic E-state index is 12.9. The zero-order valence-corrected chi connectivity index (χ0v) is 17.3. The maximum absolute atomic E-state index is 12.9. The first-order valence-electron chi connectivity index (χ1n) is 10.5. The van der Waals surface area contributed by atoms with Crippen LogP contribution in [0.4, 0.5) is 5.82 Å². The van der Waals surface area contributed by atoms with Crippen LogP contribution in [0.2, 0.25) is 0 Å². The third kappa shape index (κ3) is 3.28. The minimum Gasteiger partial charge on any atom is -0.478 e. The number of piperidine rings is 1. The number of aryl methyl sites for hydroxylation is 1. The summed E-state index contributed by atoms with van der Waals surface area (Å²) in [5.41, 5.74) is 2.94. The van der Waals surface area contributed by atoms with Crippen molar-refractivity contribution < 1.29 is 9.90 Å². The van der Waals surface area contributed by atoms with E-state index in [0.717, 1.165) is 48.3 Å². The molecule has 0 aromatic carbocycles. The third-order valence-electron chi connectivity index (χ3n) is 6.43. The molecule has 158 valence electrons. The SMILES string of the molecule is Cc1ccc(C(=O)O)c(N2CCCC3(CCc4c3nc(-c3cccnc3)[nH]c4=O)C2)n1. The number of nitrogens with one attached hydrogen (secondary N) is 1. The van der Waals surface area contributed by atoms with E-state index in [9.17, 15) is 14.7 Å². The van der Waals surface area contributed by atoms with E-state index in [-0.39, 0.29) is 16.5 Å². The van der Waals surface area contributed by atoms with Crippen LogP contribution in [0.3, 0.4) is 0 Å². The number of anilines is 1. The molecule has 0 saturated carbocycles. The lowest BCUT2D eigenvalue weighted by Crippen LogP contribution is -2.46. The normalized spacial score (nSPS) is 20.1. The molecule has 31 heavy (non-hydrogen) atoms. The highest BCUT2D eigenvalue weighted by atomic mass is 16.4. The van der Waals surface area contributed by atoms with E-state index in [1.165, 1.54) is 0 Å². The third-order valence-corrected chi connectivity index (χ3v) is 6.43. The number of aromatic amines is 1. The van der Waals surface area contributed by atoms with Crippen LogP contribution in [0.5, 0.6) is 0 Å². The summed E-state index contributed by atoms with van der Waals surface area (Å²) in [6, 6.07) is 7.03.